The van der Waals surface area contributed by atoms with Crippen LogP contribution >= 0.6 is 0 Å². The van der Waals surface area contributed by atoms with Crippen molar-refractivity contribution in [3.05, 3.63) is 108 Å². The van der Waals surface area contributed by atoms with E-state index in [0.29, 0.717) is 0 Å². The summed E-state index contributed by atoms with van der Waals surface area (Å²) < 4.78 is 36.8. The topological polar surface area (TPSA) is 88.1 Å². The SMILES string of the molecule is O=C(O[C@@H]1OC[C@@H](OC(=O)c2ccccc2)[C@@H](OC(=O)c2ccccc2)[C@H]1F)c1ccccc1. The molecule has 0 unspecified atom stereocenters. The Bertz CT molecular complexity index is 1120. The molecule has 0 spiro atoms. The molecule has 0 aliphatic carbocycles. The first-order chi connectivity index (χ1) is 16.5. The van der Waals surface area contributed by atoms with Crippen LogP contribution in [0.1, 0.15) is 31.1 Å². The Morgan fingerprint density at radius 1 is 0.647 bits per heavy atom. The average Bonchev–Trinajstić information content (AvgIpc) is 2.89. The average molecular weight is 464 g/mol. The maximum atomic E-state index is 15.5. The second-order valence-electron chi connectivity index (χ2n) is 7.46. The predicted molar refractivity (Wildman–Crippen MR) is 118 cm³/mol. The van der Waals surface area contributed by atoms with Crippen LogP contribution in [0.5, 0.6) is 0 Å². The molecule has 0 N–H and O–H groups in total. The third-order valence-corrected chi connectivity index (χ3v) is 5.12. The lowest BCUT2D eigenvalue weighted by molar-refractivity contribution is -0.232. The van der Waals surface area contributed by atoms with Crippen LogP contribution in [0.3, 0.4) is 0 Å². The van der Waals surface area contributed by atoms with Crippen molar-refractivity contribution in [1.29, 1.82) is 0 Å². The minimum absolute atomic E-state index is 0.187. The van der Waals surface area contributed by atoms with E-state index in [2.05, 4.69) is 0 Å². The number of ether oxygens (including phenoxy) is 4. The Balaban J connectivity index is 1.52. The lowest BCUT2D eigenvalue weighted by Crippen LogP contribution is -2.55. The second kappa shape index (κ2) is 10.7. The highest BCUT2D eigenvalue weighted by Gasteiger charge is 2.47. The van der Waals surface area contributed by atoms with Crippen LogP contribution in [-0.2, 0) is 18.9 Å². The molecular formula is C26H21FO7. The molecule has 1 fully saturated rings. The zero-order valence-corrected chi connectivity index (χ0v) is 17.9. The normalized spacial score (nSPS) is 21.8. The first-order valence-corrected chi connectivity index (χ1v) is 10.6. The summed E-state index contributed by atoms with van der Waals surface area (Å²) in [6.45, 7) is -0.349. The van der Waals surface area contributed by atoms with Crippen LogP contribution in [0.25, 0.3) is 0 Å². The Morgan fingerprint density at radius 2 is 1.06 bits per heavy atom. The Labute approximate surface area is 195 Å². The van der Waals surface area contributed by atoms with Crippen molar-refractivity contribution < 1.29 is 37.7 Å². The van der Waals surface area contributed by atoms with Crippen molar-refractivity contribution in [1.82, 2.24) is 0 Å². The molecule has 1 heterocycles. The molecule has 4 rings (SSSR count). The number of hydrogen-bond donors (Lipinski definition) is 0. The zero-order valence-electron chi connectivity index (χ0n) is 17.9. The molecule has 8 heteroatoms. The molecule has 0 amide bonds. The molecule has 174 valence electrons. The van der Waals surface area contributed by atoms with Crippen LogP contribution < -0.4 is 0 Å². The van der Waals surface area contributed by atoms with Crippen LogP contribution in [-0.4, -0.2) is 49.2 Å². The maximum absolute atomic E-state index is 15.5. The minimum atomic E-state index is -2.11. The fraction of sp³-hybridized carbons (Fsp3) is 0.192. The number of carbonyl (C=O) groups excluding carboxylic acids is 3. The summed E-state index contributed by atoms with van der Waals surface area (Å²) in [5.41, 5.74) is 0.629. The predicted octanol–water partition coefficient (Wildman–Crippen LogP) is 3.99. The van der Waals surface area contributed by atoms with Gasteiger partial charge in [-0.3, -0.25) is 0 Å². The van der Waals surface area contributed by atoms with Gasteiger partial charge in [-0.15, -0.1) is 0 Å². The van der Waals surface area contributed by atoms with Gasteiger partial charge < -0.3 is 18.9 Å². The quantitative estimate of drug-likeness (QED) is 0.403. The molecule has 1 aliphatic heterocycles. The third kappa shape index (κ3) is 5.47. The molecule has 0 aromatic heterocycles. The van der Waals surface area contributed by atoms with Crippen LogP contribution in [0, 0.1) is 0 Å². The van der Waals surface area contributed by atoms with Crippen molar-refractivity contribution in [2.45, 2.75) is 24.7 Å². The fourth-order valence-electron chi connectivity index (χ4n) is 3.37. The summed E-state index contributed by atoms with van der Waals surface area (Å²) in [6, 6.07) is 24.1. The van der Waals surface area contributed by atoms with Gasteiger partial charge in [0.25, 0.3) is 0 Å². The largest absolute Gasteiger partial charge is 0.452 e. The molecule has 0 saturated carbocycles. The van der Waals surface area contributed by atoms with Gasteiger partial charge in [0.1, 0.15) is 0 Å². The number of carbonyl (C=O) groups is 3. The molecule has 1 aliphatic rings. The van der Waals surface area contributed by atoms with Crippen molar-refractivity contribution in [3.8, 4) is 0 Å². The standard InChI is InChI=1S/C26H21FO7/c27-21-22(33-24(29)18-12-6-2-7-13-18)20(32-23(28)17-10-4-1-5-11-17)16-31-26(21)34-25(30)19-14-8-3-9-15-19/h1-15,20-22,26H,16H2/t20-,21-,22-,26+/m1/s1. The van der Waals surface area contributed by atoms with Crippen molar-refractivity contribution in [2.24, 2.45) is 0 Å². The number of halogens is 1. The molecular weight excluding hydrogens is 443 g/mol. The van der Waals surface area contributed by atoms with E-state index >= 15 is 4.39 Å². The summed E-state index contributed by atoms with van der Waals surface area (Å²) in [6.07, 6.45) is -6.60. The molecule has 7 nitrogen and oxygen atoms in total. The van der Waals surface area contributed by atoms with Crippen LogP contribution in [0.2, 0.25) is 0 Å². The Morgan fingerprint density at radius 3 is 1.53 bits per heavy atom. The lowest BCUT2D eigenvalue weighted by atomic mass is 10.1. The number of benzene rings is 3. The Hall–Kier alpha value is -4.04. The highest BCUT2D eigenvalue weighted by atomic mass is 19.1. The molecule has 4 atom stereocenters. The fourth-order valence-corrected chi connectivity index (χ4v) is 3.37. The van der Waals surface area contributed by atoms with Gasteiger partial charge in [-0.25, -0.2) is 18.8 Å². The van der Waals surface area contributed by atoms with E-state index in [1.807, 2.05) is 0 Å². The van der Waals surface area contributed by atoms with E-state index in [0.717, 1.165) is 0 Å². The van der Waals surface area contributed by atoms with E-state index in [4.69, 9.17) is 18.9 Å². The first-order valence-electron chi connectivity index (χ1n) is 10.6. The molecule has 0 bridgehead atoms. The summed E-state index contributed by atoms with van der Waals surface area (Å²) in [5, 5.41) is 0. The van der Waals surface area contributed by atoms with E-state index < -0.39 is 42.6 Å². The number of rotatable bonds is 6. The highest BCUT2D eigenvalue weighted by Crippen LogP contribution is 2.27. The Kier molecular flexibility index (Phi) is 7.29. The summed E-state index contributed by atoms with van der Waals surface area (Å²) in [7, 11) is 0. The smallest absolute Gasteiger partial charge is 0.340 e. The molecule has 34 heavy (non-hydrogen) atoms. The van der Waals surface area contributed by atoms with E-state index in [1.165, 1.54) is 36.4 Å². The van der Waals surface area contributed by atoms with Crippen LogP contribution in [0.15, 0.2) is 91.0 Å². The van der Waals surface area contributed by atoms with Gasteiger partial charge in [0.15, 0.2) is 12.2 Å². The molecule has 3 aromatic carbocycles. The first kappa shape index (κ1) is 23.1. The number of hydrogen-bond acceptors (Lipinski definition) is 7. The van der Waals surface area contributed by atoms with Gasteiger partial charge in [0.2, 0.25) is 12.5 Å². The third-order valence-electron chi connectivity index (χ3n) is 5.12. The van der Waals surface area contributed by atoms with E-state index in [9.17, 15) is 14.4 Å². The maximum Gasteiger partial charge on any atom is 0.340 e. The number of esters is 3. The van der Waals surface area contributed by atoms with E-state index in [-0.39, 0.29) is 23.3 Å². The van der Waals surface area contributed by atoms with Crippen molar-refractivity contribution in [3.63, 3.8) is 0 Å². The van der Waals surface area contributed by atoms with Crippen molar-refractivity contribution in [2.75, 3.05) is 6.61 Å². The van der Waals surface area contributed by atoms with Gasteiger partial charge in [0.05, 0.1) is 23.3 Å². The van der Waals surface area contributed by atoms with Gasteiger partial charge in [-0.05, 0) is 36.4 Å². The summed E-state index contributed by atoms with van der Waals surface area (Å²) in [4.78, 5) is 37.6. The van der Waals surface area contributed by atoms with Gasteiger partial charge in [0, 0.05) is 0 Å². The number of alkyl halides is 1. The minimum Gasteiger partial charge on any atom is -0.452 e. The van der Waals surface area contributed by atoms with Crippen LogP contribution in [0.4, 0.5) is 4.39 Å². The summed E-state index contributed by atoms with van der Waals surface area (Å²) >= 11 is 0. The zero-order chi connectivity index (χ0) is 23.9. The van der Waals surface area contributed by atoms with Crippen molar-refractivity contribution >= 4 is 17.9 Å². The van der Waals surface area contributed by atoms with Gasteiger partial charge >= 0.3 is 17.9 Å². The molecule has 3 aromatic rings. The van der Waals surface area contributed by atoms with Gasteiger partial charge in [-0.2, -0.15) is 0 Å². The monoisotopic (exact) mass is 464 g/mol. The second-order valence-corrected chi connectivity index (χ2v) is 7.46. The molecule has 1 saturated heterocycles. The summed E-state index contributed by atoms with van der Waals surface area (Å²) in [5.74, 6) is -2.35. The molecule has 0 radical (unpaired) electrons. The highest BCUT2D eigenvalue weighted by molar-refractivity contribution is 5.91. The van der Waals surface area contributed by atoms with Gasteiger partial charge in [-0.1, -0.05) is 54.6 Å². The lowest BCUT2D eigenvalue weighted by Gasteiger charge is -2.37. The van der Waals surface area contributed by atoms with E-state index in [1.54, 1.807) is 54.6 Å².